The van der Waals surface area contributed by atoms with E-state index < -0.39 is 0 Å². The van der Waals surface area contributed by atoms with Crippen molar-refractivity contribution >= 4 is 39.7 Å². The number of ether oxygens (including phenoxy) is 1. The van der Waals surface area contributed by atoms with Gasteiger partial charge in [-0.15, -0.1) is 11.3 Å². The van der Waals surface area contributed by atoms with Gasteiger partial charge in [0.25, 0.3) is 5.91 Å². The Bertz CT molecular complexity index is 936. The summed E-state index contributed by atoms with van der Waals surface area (Å²) in [4.78, 5) is 16.7. The van der Waals surface area contributed by atoms with Crippen molar-refractivity contribution in [2.75, 3.05) is 12.4 Å². The van der Waals surface area contributed by atoms with Gasteiger partial charge in [0.1, 0.15) is 5.75 Å². The topological polar surface area (TPSA) is 63.2 Å². The van der Waals surface area contributed by atoms with Crippen LogP contribution in [0.1, 0.15) is 15.9 Å². The van der Waals surface area contributed by atoms with Crippen LogP contribution in [0.2, 0.25) is 0 Å². The SMILES string of the molecule is COc1ccc(-c2csc(NC(=S)NC(=O)c3cccc(C)c3)n2)cc1. The second-order valence-electron chi connectivity index (χ2n) is 5.54. The molecule has 3 rings (SSSR count). The summed E-state index contributed by atoms with van der Waals surface area (Å²) in [6, 6.07) is 15.0. The number of thiocarbonyl (C=S) groups is 1. The maximum Gasteiger partial charge on any atom is 0.257 e. The monoisotopic (exact) mass is 383 g/mol. The zero-order chi connectivity index (χ0) is 18.5. The molecule has 0 saturated carbocycles. The molecule has 2 N–H and O–H groups in total. The molecule has 5 nitrogen and oxygen atoms in total. The third-order valence-corrected chi connectivity index (χ3v) is 4.58. The van der Waals surface area contributed by atoms with Gasteiger partial charge in [0.15, 0.2) is 10.2 Å². The fourth-order valence-electron chi connectivity index (χ4n) is 2.32. The Morgan fingerprint density at radius 2 is 1.96 bits per heavy atom. The molecule has 0 bridgehead atoms. The number of nitrogens with zero attached hydrogens (tertiary/aromatic N) is 1. The maximum atomic E-state index is 12.2. The van der Waals surface area contributed by atoms with Gasteiger partial charge in [0, 0.05) is 16.5 Å². The van der Waals surface area contributed by atoms with Crippen LogP contribution in [0.3, 0.4) is 0 Å². The second-order valence-corrected chi connectivity index (χ2v) is 6.81. The van der Waals surface area contributed by atoms with Gasteiger partial charge in [-0.3, -0.25) is 10.1 Å². The molecule has 26 heavy (non-hydrogen) atoms. The van der Waals surface area contributed by atoms with Gasteiger partial charge in [-0.2, -0.15) is 0 Å². The maximum absolute atomic E-state index is 12.2. The van der Waals surface area contributed by atoms with E-state index in [1.807, 2.05) is 54.8 Å². The summed E-state index contributed by atoms with van der Waals surface area (Å²) in [7, 11) is 1.63. The highest BCUT2D eigenvalue weighted by atomic mass is 32.1. The molecule has 0 atom stereocenters. The smallest absolute Gasteiger partial charge is 0.257 e. The average Bonchev–Trinajstić information content (AvgIpc) is 3.10. The number of benzene rings is 2. The van der Waals surface area contributed by atoms with Crippen molar-refractivity contribution in [3.63, 3.8) is 0 Å². The minimum atomic E-state index is -0.252. The summed E-state index contributed by atoms with van der Waals surface area (Å²) in [5, 5.41) is 8.38. The van der Waals surface area contributed by atoms with E-state index in [1.165, 1.54) is 11.3 Å². The van der Waals surface area contributed by atoms with Crippen LogP contribution in [-0.4, -0.2) is 23.1 Å². The molecule has 0 aliphatic carbocycles. The van der Waals surface area contributed by atoms with Crippen molar-refractivity contribution in [1.82, 2.24) is 10.3 Å². The van der Waals surface area contributed by atoms with E-state index in [1.54, 1.807) is 13.2 Å². The van der Waals surface area contributed by atoms with Crippen LogP contribution in [0.15, 0.2) is 53.9 Å². The largest absolute Gasteiger partial charge is 0.497 e. The molecule has 1 amide bonds. The van der Waals surface area contributed by atoms with Crippen LogP contribution in [0, 0.1) is 6.92 Å². The highest BCUT2D eigenvalue weighted by Gasteiger charge is 2.10. The predicted molar refractivity (Wildman–Crippen MR) is 109 cm³/mol. The molecular formula is C19H17N3O2S2. The number of aryl methyl sites for hydroxylation is 1. The van der Waals surface area contributed by atoms with Crippen LogP contribution < -0.4 is 15.4 Å². The van der Waals surface area contributed by atoms with E-state index in [2.05, 4.69) is 15.6 Å². The number of anilines is 1. The Kier molecular flexibility index (Phi) is 5.60. The highest BCUT2D eigenvalue weighted by Crippen LogP contribution is 2.26. The standard InChI is InChI=1S/C19H17N3O2S2/c1-12-4-3-5-14(10-12)17(23)21-18(25)22-19-20-16(11-26-19)13-6-8-15(24-2)9-7-13/h3-11H,1-2H3,(H2,20,21,22,23,25). The quantitative estimate of drug-likeness (QED) is 0.660. The van der Waals surface area contributed by atoms with Gasteiger partial charge >= 0.3 is 0 Å². The molecule has 0 aliphatic rings. The average molecular weight is 383 g/mol. The van der Waals surface area contributed by atoms with Gasteiger partial charge in [-0.25, -0.2) is 4.98 Å². The molecule has 0 radical (unpaired) electrons. The zero-order valence-electron chi connectivity index (χ0n) is 14.3. The van der Waals surface area contributed by atoms with Crippen molar-refractivity contribution in [1.29, 1.82) is 0 Å². The third-order valence-electron chi connectivity index (χ3n) is 3.62. The number of hydrogen-bond donors (Lipinski definition) is 2. The molecule has 132 valence electrons. The molecule has 1 aromatic heterocycles. The number of rotatable bonds is 4. The van der Waals surface area contributed by atoms with E-state index >= 15 is 0 Å². The van der Waals surface area contributed by atoms with Crippen molar-refractivity contribution < 1.29 is 9.53 Å². The van der Waals surface area contributed by atoms with Crippen molar-refractivity contribution in [3.8, 4) is 17.0 Å². The number of methoxy groups -OCH3 is 1. The molecule has 1 heterocycles. The lowest BCUT2D eigenvalue weighted by molar-refractivity contribution is 0.0977. The van der Waals surface area contributed by atoms with Gasteiger partial charge < -0.3 is 10.1 Å². The van der Waals surface area contributed by atoms with E-state index in [-0.39, 0.29) is 11.0 Å². The third kappa shape index (κ3) is 4.44. The van der Waals surface area contributed by atoms with E-state index in [4.69, 9.17) is 17.0 Å². The Balaban J connectivity index is 1.63. The number of thiazole rings is 1. The first-order chi connectivity index (χ1) is 12.5. The molecule has 0 unspecified atom stereocenters. The second kappa shape index (κ2) is 8.07. The van der Waals surface area contributed by atoms with Crippen molar-refractivity contribution in [2.45, 2.75) is 6.92 Å². The number of nitrogens with one attached hydrogen (secondary N) is 2. The normalized spacial score (nSPS) is 10.2. The Hall–Kier alpha value is -2.77. The summed E-state index contributed by atoms with van der Waals surface area (Å²) in [5.41, 5.74) is 3.38. The van der Waals surface area contributed by atoms with Crippen LogP contribution in [-0.2, 0) is 0 Å². The number of amides is 1. The van der Waals surface area contributed by atoms with E-state index in [0.29, 0.717) is 10.7 Å². The Morgan fingerprint density at radius 3 is 2.65 bits per heavy atom. The molecule has 0 aliphatic heterocycles. The van der Waals surface area contributed by atoms with Crippen LogP contribution in [0.25, 0.3) is 11.3 Å². The fourth-order valence-corrected chi connectivity index (χ4v) is 3.29. The zero-order valence-corrected chi connectivity index (χ0v) is 15.9. The van der Waals surface area contributed by atoms with Crippen molar-refractivity contribution in [3.05, 3.63) is 65.0 Å². The van der Waals surface area contributed by atoms with Crippen LogP contribution >= 0.6 is 23.6 Å². The minimum absolute atomic E-state index is 0.215. The molecule has 0 spiro atoms. The predicted octanol–water partition coefficient (Wildman–Crippen LogP) is 4.25. The van der Waals surface area contributed by atoms with Gasteiger partial charge in [0.05, 0.1) is 12.8 Å². The molecule has 0 fully saturated rings. The Morgan fingerprint density at radius 1 is 1.19 bits per heavy atom. The Labute approximate surface area is 161 Å². The first kappa shape index (κ1) is 18.0. The molecule has 3 aromatic rings. The minimum Gasteiger partial charge on any atom is -0.497 e. The lowest BCUT2D eigenvalue weighted by Gasteiger charge is -2.07. The van der Waals surface area contributed by atoms with Crippen LogP contribution in [0.5, 0.6) is 5.75 Å². The van der Waals surface area contributed by atoms with Crippen LogP contribution in [0.4, 0.5) is 5.13 Å². The number of aromatic nitrogens is 1. The summed E-state index contributed by atoms with van der Waals surface area (Å²) in [6.07, 6.45) is 0. The highest BCUT2D eigenvalue weighted by molar-refractivity contribution is 7.80. The van der Waals surface area contributed by atoms with E-state index in [0.717, 1.165) is 22.6 Å². The van der Waals surface area contributed by atoms with Gasteiger partial charge in [-0.1, -0.05) is 17.7 Å². The number of carbonyl (C=O) groups excluding carboxylic acids is 1. The fraction of sp³-hybridized carbons (Fsp3) is 0.105. The number of hydrogen-bond acceptors (Lipinski definition) is 5. The molecule has 7 heteroatoms. The van der Waals surface area contributed by atoms with Gasteiger partial charge in [-0.05, 0) is 55.5 Å². The van der Waals surface area contributed by atoms with Crippen molar-refractivity contribution in [2.24, 2.45) is 0 Å². The molecule has 2 aromatic carbocycles. The lowest BCUT2D eigenvalue weighted by atomic mass is 10.1. The number of carbonyl (C=O) groups is 1. The lowest BCUT2D eigenvalue weighted by Crippen LogP contribution is -2.34. The molecular weight excluding hydrogens is 366 g/mol. The summed E-state index contributed by atoms with van der Waals surface area (Å²) in [6.45, 7) is 1.93. The summed E-state index contributed by atoms with van der Waals surface area (Å²) < 4.78 is 5.16. The first-order valence-electron chi connectivity index (χ1n) is 7.84. The summed E-state index contributed by atoms with van der Waals surface area (Å²) in [5.74, 6) is 0.542. The summed E-state index contributed by atoms with van der Waals surface area (Å²) >= 11 is 6.63. The van der Waals surface area contributed by atoms with E-state index in [9.17, 15) is 4.79 Å². The molecule has 0 saturated heterocycles. The van der Waals surface area contributed by atoms with Gasteiger partial charge in [0.2, 0.25) is 0 Å². The first-order valence-corrected chi connectivity index (χ1v) is 9.13.